The average molecular weight is 374 g/mol. The Hall–Kier alpha value is -1.34. The van der Waals surface area contributed by atoms with Crippen LogP contribution >= 0.6 is 15.9 Å². The number of aromatic nitrogens is 2. The van der Waals surface area contributed by atoms with Gasteiger partial charge in [0.25, 0.3) is 0 Å². The van der Waals surface area contributed by atoms with E-state index in [1.807, 2.05) is 7.05 Å². The van der Waals surface area contributed by atoms with Crippen LogP contribution in [0.15, 0.2) is 34.9 Å². The first-order valence-electron chi connectivity index (χ1n) is 6.92. The fourth-order valence-electron chi connectivity index (χ4n) is 2.98. The van der Waals surface area contributed by atoms with Crippen LogP contribution in [0.1, 0.15) is 22.9 Å². The smallest absolute Gasteiger partial charge is 0.284 e. The van der Waals surface area contributed by atoms with Crippen LogP contribution in [-0.4, -0.2) is 27.4 Å². The molecule has 0 N–H and O–H groups in total. The Morgan fingerprint density at radius 3 is 2.55 bits per heavy atom. The molecule has 22 heavy (non-hydrogen) atoms. The van der Waals surface area contributed by atoms with Crippen LogP contribution < -0.4 is 0 Å². The Morgan fingerprint density at radius 1 is 1.23 bits per heavy atom. The lowest BCUT2D eigenvalue weighted by atomic mass is 10.0. The maximum atomic E-state index is 13.6. The summed E-state index contributed by atoms with van der Waals surface area (Å²) in [6.07, 6.45) is -2.07. The molecular weight excluding hydrogens is 359 g/mol. The highest BCUT2D eigenvalue weighted by Crippen LogP contribution is 2.40. The minimum absolute atomic E-state index is 0.267. The van der Waals surface area contributed by atoms with Crippen molar-refractivity contribution in [2.75, 3.05) is 6.54 Å². The maximum absolute atomic E-state index is 13.6. The largest absolute Gasteiger partial charge is 0.408 e. The fraction of sp³-hybridized carbons (Fsp3) is 0.400. The summed E-state index contributed by atoms with van der Waals surface area (Å²) in [5.41, 5.74) is 2.16. The number of fused-ring (bicyclic) bond motifs is 1. The average Bonchev–Trinajstić information content (AvgIpc) is 2.81. The highest BCUT2D eigenvalue weighted by atomic mass is 79.9. The fourth-order valence-corrected chi connectivity index (χ4v) is 3.25. The maximum Gasteiger partial charge on any atom is 0.408 e. The van der Waals surface area contributed by atoms with Crippen molar-refractivity contribution >= 4 is 15.9 Å². The summed E-state index contributed by atoms with van der Waals surface area (Å²) in [6.45, 7) is 0.635. The summed E-state index contributed by atoms with van der Waals surface area (Å²) >= 11 is 3.26. The number of alkyl halides is 3. The normalized spacial score (nSPS) is 17.3. The van der Waals surface area contributed by atoms with Crippen LogP contribution in [0.25, 0.3) is 0 Å². The van der Waals surface area contributed by atoms with Crippen molar-refractivity contribution in [3.05, 3.63) is 51.8 Å². The standard InChI is InChI=1S/C15H15BrF3N3/c1-21-13-6-7-22(9-11(13)8-20-21)14(15(17,18)19)10-2-4-12(16)5-3-10/h2-5,8,14H,6-7,9H2,1H3. The Balaban J connectivity index is 1.93. The summed E-state index contributed by atoms with van der Waals surface area (Å²) < 4.78 is 43.3. The molecule has 0 aliphatic carbocycles. The van der Waals surface area contributed by atoms with Crippen LogP contribution in [0, 0.1) is 0 Å². The van der Waals surface area contributed by atoms with Gasteiger partial charge in [-0.3, -0.25) is 9.58 Å². The molecule has 1 atom stereocenters. The topological polar surface area (TPSA) is 21.1 Å². The molecule has 0 radical (unpaired) electrons. The van der Waals surface area contributed by atoms with Gasteiger partial charge in [0.05, 0.1) is 6.20 Å². The third-order valence-corrected chi connectivity index (χ3v) is 4.55. The number of rotatable bonds is 2. The first-order chi connectivity index (χ1) is 10.4. The molecule has 0 saturated carbocycles. The van der Waals surface area contributed by atoms with Crippen molar-refractivity contribution in [1.29, 1.82) is 0 Å². The van der Waals surface area contributed by atoms with Gasteiger partial charge in [-0.05, 0) is 17.7 Å². The third-order valence-electron chi connectivity index (χ3n) is 4.02. The van der Waals surface area contributed by atoms with Crippen LogP contribution in [0.2, 0.25) is 0 Å². The molecule has 0 spiro atoms. The molecule has 2 heterocycles. The van der Waals surface area contributed by atoms with E-state index in [9.17, 15) is 13.2 Å². The van der Waals surface area contributed by atoms with E-state index < -0.39 is 12.2 Å². The van der Waals surface area contributed by atoms with Crippen molar-refractivity contribution in [1.82, 2.24) is 14.7 Å². The van der Waals surface area contributed by atoms with Gasteiger partial charge in [-0.25, -0.2) is 0 Å². The van der Waals surface area contributed by atoms with Gasteiger partial charge in [-0.2, -0.15) is 18.3 Å². The molecule has 1 aliphatic heterocycles. The van der Waals surface area contributed by atoms with E-state index in [0.29, 0.717) is 13.0 Å². The first-order valence-corrected chi connectivity index (χ1v) is 7.71. The van der Waals surface area contributed by atoms with Gasteiger partial charge in [-0.15, -0.1) is 0 Å². The highest BCUT2D eigenvalue weighted by Gasteiger charge is 2.45. The number of hydrogen-bond acceptors (Lipinski definition) is 2. The zero-order valence-corrected chi connectivity index (χ0v) is 13.5. The lowest BCUT2D eigenvalue weighted by molar-refractivity contribution is -0.189. The summed E-state index contributed by atoms with van der Waals surface area (Å²) in [4.78, 5) is 1.48. The molecule has 2 aromatic rings. The van der Waals surface area contributed by atoms with Crippen LogP contribution in [0.4, 0.5) is 13.2 Å². The second-order valence-corrected chi connectivity index (χ2v) is 6.37. The molecule has 1 aromatic heterocycles. The van der Waals surface area contributed by atoms with Gasteiger partial charge in [-0.1, -0.05) is 28.1 Å². The van der Waals surface area contributed by atoms with E-state index in [1.165, 1.54) is 17.0 Å². The number of aryl methyl sites for hydroxylation is 1. The molecule has 1 aromatic carbocycles. The molecule has 3 nitrogen and oxygen atoms in total. The third kappa shape index (κ3) is 2.92. The van der Waals surface area contributed by atoms with E-state index in [2.05, 4.69) is 21.0 Å². The second kappa shape index (κ2) is 5.70. The molecule has 0 saturated heterocycles. The number of benzene rings is 1. The monoisotopic (exact) mass is 373 g/mol. The molecule has 7 heteroatoms. The van der Waals surface area contributed by atoms with Crippen molar-refractivity contribution in [2.24, 2.45) is 7.05 Å². The zero-order chi connectivity index (χ0) is 15.9. The van der Waals surface area contributed by atoms with Crippen molar-refractivity contribution in [3.8, 4) is 0 Å². The summed E-state index contributed by atoms with van der Waals surface area (Å²) in [5.74, 6) is 0. The predicted octanol–water partition coefficient (Wildman–Crippen LogP) is 3.84. The number of nitrogens with zero attached hydrogens (tertiary/aromatic N) is 3. The van der Waals surface area contributed by atoms with E-state index in [-0.39, 0.29) is 12.1 Å². The zero-order valence-electron chi connectivity index (χ0n) is 11.9. The SMILES string of the molecule is Cn1ncc2c1CCN(C(c1ccc(Br)cc1)C(F)(F)F)C2. The molecule has 0 bridgehead atoms. The van der Waals surface area contributed by atoms with Gasteiger partial charge in [0, 0.05) is 42.3 Å². The van der Waals surface area contributed by atoms with E-state index in [0.717, 1.165) is 15.7 Å². The van der Waals surface area contributed by atoms with Gasteiger partial charge < -0.3 is 0 Å². The van der Waals surface area contributed by atoms with Gasteiger partial charge in [0.15, 0.2) is 0 Å². The van der Waals surface area contributed by atoms with Crippen LogP contribution in [-0.2, 0) is 20.0 Å². The van der Waals surface area contributed by atoms with Gasteiger partial charge >= 0.3 is 6.18 Å². The van der Waals surface area contributed by atoms with E-state index >= 15 is 0 Å². The lowest BCUT2D eigenvalue weighted by Crippen LogP contribution is -2.41. The summed E-state index contributed by atoms with van der Waals surface area (Å²) in [7, 11) is 1.82. The van der Waals surface area contributed by atoms with Crippen molar-refractivity contribution in [2.45, 2.75) is 25.2 Å². The molecular formula is C15H15BrF3N3. The Labute approximate surface area is 134 Å². The van der Waals surface area contributed by atoms with Crippen LogP contribution in [0.3, 0.4) is 0 Å². The second-order valence-electron chi connectivity index (χ2n) is 5.46. The van der Waals surface area contributed by atoms with E-state index in [1.54, 1.807) is 23.0 Å². The van der Waals surface area contributed by atoms with Gasteiger partial charge in [0.2, 0.25) is 0 Å². The molecule has 1 aliphatic rings. The van der Waals surface area contributed by atoms with E-state index in [4.69, 9.17) is 0 Å². The quantitative estimate of drug-likeness (QED) is 0.797. The predicted molar refractivity (Wildman–Crippen MR) is 80.3 cm³/mol. The molecule has 3 rings (SSSR count). The molecule has 0 amide bonds. The Kier molecular flexibility index (Phi) is 4.03. The molecule has 1 unspecified atom stereocenters. The number of halogens is 4. The molecule has 118 valence electrons. The molecule has 0 fully saturated rings. The number of hydrogen-bond donors (Lipinski definition) is 0. The Morgan fingerprint density at radius 2 is 1.91 bits per heavy atom. The lowest BCUT2D eigenvalue weighted by Gasteiger charge is -2.35. The first kappa shape index (κ1) is 15.6. The highest BCUT2D eigenvalue weighted by molar-refractivity contribution is 9.10. The summed E-state index contributed by atoms with van der Waals surface area (Å²) in [6, 6.07) is 4.76. The van der Waals surface area contributed by atoms with Crippen LogP contribution in [0.5, 0.6) is 0 Å². The van der Waals surface area contributed by atoms with Gasteiger partial charge in [0.1, 0.15) is 6.04 Å². The summed E-state index contributed by atoms with van der Waals surface area (Å²) in [5, 5.41) is 4.14. The minimum atomic E-state index is -4.31. The minimum Gasteiger partial charge on any atom is -0.284 e. The van der Waals surface area contributed by atoms with Crippen molar-refractivity contribution < 1.29 is 13.2 Å². The van der Waals surface area contributed by atoms with Crippen molar-refractivity contribution in [3.63, 3.8) is 0 Å². The Bertz CT molecular complexity index is 664.